The van der Waals surface area contributed by atoms with Crippen LogP contribution in [0.2, 0.25) is 0 Å². The van der Waals surface area contributed by atoms with Crippen molar-refractivity contribution in [1.29, 1.82) is 0 Å². The van der Waals surface area contributed by atoms with Gasteiger partial charge in [-0.1, -0.05) is 27.2 Å². The van der Waals surface area contributed by atoms with Crippen LogP contribution in [0, 0.1) is 5.92 Å². The van der Waals surface area contributed by atoms with Gasteiger partial charge in [-0.3, -0.25) is 0 Å². The maximum Gasteiger partial charge on any atom is 0.516 e. The Morgan fingerprint density at radius 1 is 1.29 bits per heavy atom. The molecule has 0 aliphatic rings. The van der Waals surface area contributed by atoms with Crippen LogP contribution in [0.1, 0.15) is 47.5 Å². The quantitative estimate of drug-likeness (QED) is 0.593. The van der Waals surface area contributed by atoms with E-state index in [0.717, 1.165) is 6.42 Å². The summed E-state index contributed by atoms with van der Waals surface area (Å²) in [6.07, 6.45) is 0.594. The molecule has 0 aromatic heterocycles. The molecule has 0 rings (SSSR count). The van der Waals surface area contributed by atoms with Crippen molar-refractivity contribution in [2.24, 2.45) is 11.7 Å². The van der Waals surface area contributed by atoms with Crippen LogP contribution < -0.4 is 5.73 Å². The predicted molar refractivity (Wildman–Crippen MR) is 64.4 cm³/mol. The van der Waals surface area contributed by atoms with Crippen molar-refractivity contribution in [1.82, 2.24) is 0 Å². The molecule has 0 aliphatic heterocycles. The van der Waals surface area contributed by atoms with Crippen LogP contribution in [0.15, 0.2) is 0 Å². The topological polar surface area (TPSA) is 78.6 Å². The number of ether oxygens (including phenoxy) is 2. The highest BCUT2D eigenvalue weighted by atomic mass is 16.7. The molecule has 0 aromatic carbocycles. The van der Waals surface area contributed by atoms with E-state index in [1.807, 2.05) is 6.92 Å². The summed E-state index contributed by atoms with van der Waals surface area (Å²) in [6, 6.07) is -0.808. The highest BCUT2D eigenvalue weighted by Gasteiger charge is 2.27. The van der Waals surface area contributed by atoms with E-state index in [-0.39, 0.29) is 5.92 Å². The van der Waals surface area contributed by atoms with Crippen LogP contribution in [-0.2, 0) is 14.3 Å². The smallest absolute Gasteiger partial charge is 0.428 e. The summed E-state index contributed by atoms with van der Waals surface area (Å²) < 4.78 is 9.57. The molecule has 0 aliphatic carbocycles. The average Bonchev–Trinajstić information content (AvgIpc) is 2.14. The highest BCUT2D eigenvalue weighted by Crippen LogP contribution is 2.17. The minimum atomic E-state index is -0.982. The Morgan fingerprint density at radius 2 is 1.82 bits per heavy atom. The van der Waals surface area contributed by atoms with Crippen LogP contribution in [0.5, 0.6) is 0 Å². The van der Waals surface area contributed by atoms with E-state index in [2.05, 4.69) is 4.74 Å². The van der Waals surface area contributed by atoms with Gasteiger partial charge in [0.1, 0.15) is 11.6 Å². The van der Waals surface area contributed by atoms with Crippen molar-refractivity contribution in [2.75, 3.05) is 0 Å². The van der Waals surface area contributed by atoms with Crippen molar-refractivity contribution in [3.63, 3.8) is 0 Å². The van der Waals surface area contributed by atoms with Gasteiger partial charge in [-0.25, -0.2) is 9.59 Å². The Balaban J connectivity index is 4.23. The Bertz CT molecular complexity index is 274. The number of rotatable bonds is 5. The van der Waals surface area contributed by atoms with Crippen LogP contribution in [0.3, 0.4) is 0 Å². The second-order valence-corrected chi connectivity index (χ2v) is 5.05. The van der Waals surface area contributed by atoms with Crippen LogP contribution in [0.25, 0.3) is 0 Å². The first-order chi connectivity index (χ1) is 7.69. The van der Waals surface area contributed by atoms with Crippen molar-refractivity contribution in [3.8, 4) is 0 Å². The summed E-state index contributed by atoms with van der Waals surface area (Å²) in [7, 11) is 0. The van der Waals surface area contributed by atoms with E-state index < -0.39 is 23.8 Å². The molecule has 0 saturated carbocycles. The van der Waals surface area contributed by atoms with Crippen molar-refractivity contribution in [2.45, 2.75) is 59.1 Å². The van der Waals surface area contributed by atoms with Gasteiger partial charge in [-0.2, -0.15) is 0 Å². The summed E-state index contributed by atoms with van der Waals surface area (Å²) >= 11 is 0. The fraction of sp³-hybridized carbons (Fsp3) is 0.833. The number of hydrogen-bond acceptors (Lipinski definition) is 5. The predicted octanol–water partition coefficient (Wildman–Crippen LogP) is 2.23. The molecule has 0 bridgehead atoms. The summed E-state index contributed by atoms with van der Waals surface area (Å²) in [5.74, 6) is -0.837. The number of hydrogen-bond donors (Lipinski definition) is 1. The van der Waals surface area contributed by atoms with Gasteiger partial charge in [-0.05, 0) is 26.2 Å². The molecule has 2 N–H and O–H groups in total. The lowest BCUT2D eigenvalue weighted by Gasteiger charge is -2.24. The zero-order chi connectivity index (χ0) is 13.6. The third kappa shape index (κ3) is 6.26. The number of carbonyl (C=O) groups is 2. The number of esters is 1. The van der Waals surface area contributed by atoms with Gasteiger partial charge >= 0.3 is 12.1 Å². The Kier molecular flexibility index (Phi) is 6.16. The first-order valence-corrected chi connectivity index (χ1v) is 5.90. The average molecular weight is 245 g/mol. The lowest BCUT2D eigenvalue weighted by atomic mass is 10.0. The molecule has 0 heterocycles. The zero-order valence-corrected chi connectivity index (χ0v) is 11.3. The van der Waals surface area contributed by atoms with Crippen molar-refractivity contribution < 1.29 is 19.1 Å². The van der Waals surface area contributed by atoms with E-state index in [0.29, 0.717) is 6.42 Å². The van der Waals surface area contributed by atoms with E-state index in [1.54, 1.807) is 27.7 Å². The van der Waals surface area contributed by atoms with Gasteiger partial charge in [0.25, 0.3) is 0 Å². The van der Waals surface area contributed by atoms with Gasteiger partial charge in [-0.15, -0.1) is 0 Å². The Labute approximate surface area is 103 Å². The largest absolute Gasteiger partial charge is 0.516 e. The second-order valence-electron chi connectivity index (χ2n) is 5.05. The molecule has 0 fully saturated rings. The molecule has 100 valence electrons. The van der Waals surface area contributed by atoms with Crippen LogP contribution in [0.4, 0.5) is 4.79 Å². The molecule has 0 aromatic rings. The Hall–Kier alpha value is -1.10. The van der Waals surface area contributed by atoms with Gasteiger partial charge < -0.3 is 15.2 Å². The standard InChI is InChI=1S/C12H23NO4/c1-6-7-12(4,5)17-11(15)16-10(14)9(13)8(2)3/h8-9H,6-7,13H2,1-5H3/t9-/m0/s1. The summed E-state index contributed by atoms with van der Waals surface area (Å²) in [5, 5.41) is 0. The molecule has 0 saturated heterocycles. The molecular formula is C12H23NO4. The number of carbonyl (C=O) groups excluding carboxylic acids is 2. The zero-order valence-electron chi connectivity index (χ0n) is 11.3. The molecule has 0 unspecified atom stereocenters. The van der Waals surface area contributed by atoms with Crippen molar-refractivity contribution in [3.05, 3.63) is 0 Å². The Morgan fingerprint density at radius 3 is 2.24 bits per heavy atom. The monoisotopic (exact) mass is 245 g/mol. The minimum Gasteiger partial charge on any atom is -0.428 e. The molecule has 17 heavy (non-hydrogen) atoms. The maximum absolute atomic E-state index is 11.4. The van der Waals surface area contributed by atoms with Crippen molar-refractivity contribution >= 4 is 12.1 Å². The van der Waals surface area contributed by atoms with E-state index in [4.69, 9.17) is 10.5 Å². The summed E-state index contributed by atoms with van der Waals surface area (Å²) in [6.45, 7) is 9.07. The molecule has 0 spiro atoms. The first kappa shape index (κ1) is 15.9. The molecule has 5 heteroatoms. The normalized spacial score (nSPS) is 13.4. The summed E-state index contributed by atoms with van der Waals surface area (Å²) in [5.41, 5.74) is 4.92. The highest BCUT2D eigenvalue weighted by molar-refractivity contribution is 5.85. The fourth-order valence-corrected chi connectivity index (χ4v) is 1.32. The molecule has 0 radical (unpaired) electrons. The lowest BCUT2D eigenvalue weighted by molar-refractivity contribution is -0.144. The number of nitrogens with two attached hydrogens (primary N) is 1. The van der Waals surface area contributed by atoms with Crippen LogP contribution >= 0.6 is 0 Å². The van der Waals surface area contributed by atoms with Gasteiger partial charge in [0.05, 0.1) is 0 Å². The fourth-order valence-electron chi connectivity index (χ4n) is 1.32. The second kappa shape index (κ2) is 6.59. The van der Waals surface area contributed by atoms with E-state index >= 15 is 0 Å². The van der Waals surface area contributed by atoms with E-state index in [1.165, 1.54) is 0 Å². The lowest BCUT2D eigenvalue weighted by Crippen LogP contribution is -2.39. The minimum absolute atomic E-state index is 0.0843. The molecule has 1 atom stereocenters. The van der Waals surface area contributed by atoms with E-state index in [9.17, 15) is 9.59 Å². The molecular weight excluding hydrogens is 222 g/mol. The first-order valence-electron chi connectivity index (χ1n) is 5.90. The van der Waals surface area contributed by atoms with Crippen LogP contribution in [-0.4, -0.2) is 23.8 Å². The van der Waals surface area contributed by atoms with Gasteiger partial charge in [0, 0.05) is 0 Å². The third-order valence-corrected chi connectivity index (χ3v) is 2.39. The molecule has 5 nitrogen and oxygen atoms in total. The SMILES string of the molecule is CCCC(C)(C)OC(=O)OC(=O)[C@@H](N)C(C)C. The van der Waals surface area contributed by atoms with Gasteiger partial charge in [0.2, 0.25) is 0 Å². The van der Waals surface area contributed by atoms with Gasteiger partial charge in [0.15, 0.2) is 0 Å². The maximum atomic E-state index is 11.4. The third-order valence-electron chi connectivity index (χ3n) is 2.39. The summed E-state index contributed by atoms with van der Waals surface area (Å²) in [4.78, 5) is 22.7. The molecule has 0 amide bonds.